The maximum absolute atomic E-state index is 6.41. The van der Waals surface area contributed by atoms with Crippen LogP contribution in [0.5, 0.6) is 5.75 Å². The van der Waals surface area contributed by atoms with Crippen molar-refractivity contribution >= 4 is 32.3 Å². The molecule has 2 aromatic carbocycles. The van der Waals surface area contributed by atoms with Crippen molar-refractivity contribution < 1.29 is 4.74 Å². The number of fused-ring (bicyclic) bond motifs is 2. The van der Waals surface area contributed by atoms with Gasteiger partial charge in [-0.1, -0.05) is 48.5 Å². The molecule has 0 fully saturated rings. The molecular formula is C29H24N4OS. The number of hydrogen-bond donors (Lipinski definition) is 2. The molecule has 4 heterocycles. The molecule has 1 atom stereocenters. The van der Waals surface area contributed by atoms with Crippen LogP contribution in [0.25, 0.3) is 42.6 Å². The molecule has 0 aliphatic rings. The quantitative estimate of drug-likeness (QED) is 0.277. The van der Waals surface area contributed by atoms with Gasteiger partial charge in [-0.15, -0.1) is 11.3 Å². The van der Waals surface area contributed by atoms with E-state index in [0.717, 1.165) is 44.0 Å². The van der Waals surface area contributed by atoms with Crippen LogP contribution in [0, 0.1) is 0 Å². The molecule has 0 saturated heterocycles. The number of aromatic amines is 1. The fourth-order valence-electron chi connectivity index (χ4n) is 4.43. The van der Waals surface area contributed by atoms with Crippen LogP contribution in [0.4, 0.5) is 0 Å². The summed E-state index contributed by atoms with van der Waals surface area (Å²) in [6.07, 6.45) is 10.2. The first kappa shape index (κ1) is 21.5. The van der Waals surface area contributed by atoms with Crippen molar-refractivity contribution in [2.75, 3.05) is 6.61 Å². The Balaban J connectivity index is 1.20. The predicted molar refractivity (Wildman–Crippen MR) is 144 cm³/mol. The van der Waals surface area contributed by atoms with Gasteiger partial charge in [0.1, 0.15) is 12.4 Å². The molecule has 6 aromatic rings. The lowest BCUT2D eigenvalue weighted by molar-refractivity contribution is 0.287. The van der Waals surface area contributed by atoms with Crippen molar-refractivity contribution in [1.29, 1.82) is 0 Å². The summed E-state index contributed by atoms with van der Waals surface area (Å²) in [5, 5.41) is 2.40. The lowest BCUT2D eigenvalue weighted by atomic mass is 10.0. The number of thiophene rings is 1. The molecular weight excluding hydrogens is 452 g/mol. The summed E-state index contributed by atoms with van der Waals surface area (Å²) in [5.41, 5.74) is 12.1. The first-order chi connectivity index (χ1) is 17.2. The Hall–Kier alpha value is -4.00. The molecule has 0 saturated carbocycles. The summed E-state index contributed by atoms with van der Waals surface area (Å²) in [5.74, 6) is 0.718. The van der Waals surface area contributed by atoms with Crippen molar-refractivity contribution in [3.63, 3.8) is 0 Å². The average Bonchev–Trinajstić information content (AvgIpc) is 3.53. The lowest BCUT2D eigenvalue weighted by Crippen LogP contribution is -2.30. The number of nitrogens with zero attached hydrogens (tertiary/aromatic N) is 2. The molecule has 0 aliphatic carbocycles. The summed E-state index contributed by atoms with van der Waals surface area (Å²) in [6, 6.07) is 22.8. The van der Waals surface area contributed by atoms with Crippen LogP contribution < -0.4 is 10.5 Å². The number of ether oxygens (including phenoxy) is 1. The van der Waals surface area contributed by atoms with E-state index in [0.29, 0.717) is 6.61 Å². The molecule has 0 spiro atoms. The van der Waals surface area contributed by atoms with Crippen LogP contribution in [0.2, 0.25) is 0 Å². The largest absolute Gasteiger partial charge is 0.490 e. The first-order valence-corrected chi connectivity index (χ1v) is 12.4. The maximum atomic E-state index is 6.41. The highest BCUT2D eigenvalue weighted by molar-refractivity contribution is 7.22. The molecule has 0 aliphatic heterocycles. The van der Waals surface area contributed by atoms with E-state index in [-0.39, 0.29) is 6.04 Å². The number of pyridine rings is 2. The van der Waals surface area contributed by atoms with Gasteiger partial charge in [0.15, 0.2) is 0 Å². The Morgan fingerprint density at radius 2 is 1.69 bits per heavy atom. The van der Waals surface area contributed by atoms with Crippen molar-refractivity contribution in [2.24, 2.45) is 5.73 Å². The zero-order valence-corrected chi connectivity index (χ0v) is 19.8. The smallest absolute Gasteiger partial charge is 0.138 e. The maximum Gasteiger partial charge on any atom is 0.138 e. The Morgan fingerprint density at radius 1 is 0.857 bits per heavy atom. The second kappa shape index (κ2) is 9.33. The van der Waals surface area contributed by atoms with E-state index >= 15 is 0 Å². The van der Waals surface area contributed by atoms with E-state index in [1.165, 1.54) is 16.3 Å². The zero-order valence-electron chi connectivity index (χ0n) is 19.0. The number of H-pyrrole nitrogens is 1. The Labute approximate surface area is 207 Å². The number of rotatable bonds is 7. The van der Waals surface area contributed by atoms with Crippen LogP contribution in [0.1, 0.15) is 5.56 Å². The topological polar surface area (TPSA) is 76.8 Å². The van der Waals surface area contributed by atoms with E-state index in [2.05, 4.69) is 57.4 Å². The summed E-state index contributed by atoms with van der Waals surface area (Å²) >= 11 is 1.71. The minimum atomic E-state index is -0.123. The van der Waals surface area contributed by atoms with E-state index < -0.39 is 0 Å². The van der Waals surface area contributed by atoms with E-state index in [9.17, 15) is 0 Å². The summed E-state index contributed by atoms with van der Waals surface area (Å²) in [6.45, 7) is 0.416. The number of aromatic nitrogens is 3. The van der Waals surface area contributed by atoms with Crippen LogP contribution in [-0.2, 0) is 6.42 Å². The fraction of sp³-hybridized carbons (Fsp3) is 0.103. The highest BCUT2D eigenvalue weighted by Gasteiger charge is 2.13. The molecule has 0 unspecified atom stereocenters. The molecule has 0 bridgehead atoms. The summed E-state index contributed by atoms with van der Waals surface area (Å²) in [4.78, 5) is 13.3. The summed E-state index contributed by atoms with van der Waals surface area (Å²) in [7, 11) is 0. The Morgan fingerprint density at radius 3 is 2.60 bits per heavy atom. The third kappa shape index (κ3) is 4.41. The van der Waals surface area contributed by atoms with Gasteiger partial charge < -0.3 is 15.5 Å². The third-order valence-electron chi connectivity index (χ3n) is 6.15. The van der Waals surface area contributed by atoms with Crippen molar-refractivity contribution in [1.82, 2.24) is 15.0 Å². The van der Waals surface area contributed by atoms with E-state index in [1.807, 2.05) is 49.1 Å². The minimum Gasteiger partial charge on any atom is -0.490 e. The molecule has 4 aromatic heterocycles. The molecule has 3 N–H and O–H groups in total. The standard InChI is InChI=1S/C29H24N4OS/c30-22(10-20-14-33-27-9-5-4-8-24(20)27)18-34-23-11-21(13-31-15-23)28-12-25-26(16-32-17-29(25)35-28)19-6-2-1-3-7-19/h1-9,11-17,22,33H,10,18,30H2/t22-/m0/s1. The first-order valence-electron chi connectivity index (χ1n) is 11.6. The highest BCUT2D eigenvalue weighted by atomic mass is 32.1. The number of hydrogen-bond acceptors (Lipinski definition) is 5. The fourth-order valence-corrected chi connectivity index (χ4v) is 5.46. The van der Waals surface area contributed by atoms with Crippen molar-refractivity contribution in [3.05, 3.63) is 103 Å². The van der Waals surface area contributed by atoms with Crippen LogP contribution in [0.15, 0.2) is 97.7 Å². The molecule has 0 radical (unpaired) electrons. The van der Waals surface area contributed by atoms with Crippen molar-refractivity contribution in [2.45, 2.75) is 12.5 Å². The van der Waals surface area contributed by atoms with Gasteiger partial charge in [0.2, 0.25) is 0 Å². The number of para-hydroxylation sites is 1. The SMILES string of the molecule is N[C@H](COc1cncc(-c2cc3c(-c4ccccc4)cncc3s2)c1)Cc1c[nH]c2ccccc12. The number of nitrogens with one attached hydrogen (secondary N) is 1. The zero-order chi connectivity index (χ0) is 23.6. The van der Waals surface area contributed by atoms with Gasteiger partial charge in [0, 0.05) is 63.1 Å². The van der Waals surface area contributed by atoms with Crippen LogP contribution in [-0.4, -0.2) is 27.6 Å². The monoisotopic (exact) mass is 476 g/mol. The lowest BCUT2D eigenvalue weighted by Gasteiger charge is -2.13. The molecule has 0 amide bonds. The highest BCUT2D eigenvalue weighted by Crippen LogP contribution is 2.38. The van der Waals surface area contributed by atoms with Gasteiger partial charge in [-0.05, 0) is 35.7 Å². The molecule has 35 heavy (non-hydrogen) atoms. The average molecular weight is 477 g/mol. The van der Waals surface area contributed by atoms with Crippen molar-refractivity contribution in [3.8, 4) is 27.3 Å². The number of benzene rings is 2. The van der Waals surface area contributed by atoms with E-state index in [1.54, 1.807) is 17.5 Å². The van der Waals surface area contributed by atoms with Gasteiger partial charge in [-0.3, -0.25) is 9.97 Å². The molecule has 6 rings (SSSR count). The minimum absolute atomic E-state index is 0.123. The Bertz CT molecular complexity index is 1610. The second-order valence-electron chi connectivity index (χ2n) is 8.62. The molecule has 5 nitrogen and oxygen atoms in total. The molecule has 6 heteroatoms. The van der Waals surface area contributed by atoms with Gasteiger partial charge in [0.25, 0.3) is 0 Å². The van der Waals surface area contributed by atoms with Crippen LogP contribution in [0.3, 0.4) is 0 Å². The second-order valence-corrected chi connectivity index (χ2v) is 9.70. The van der Waals surface area contributed by atoms with Gasteiger partial charge in [-0.2, -0.15) is 0 Å². The van der Waals surface area contributed by atoms with E-state index in [4.69, 9.17) is 10.5 Å². The van der Waals surface area contributed by atoms with Gasteiger partial charge in [0.05, 0.1) is 10.9 Å². The van der Waals surface area contributed by atoms with Crippen LogP contribution >= 0.6 is 11.3 Å². The normalized spacial score (nSPS) is 12.3. The van der Waals surface area contributed by atoms with Gasteiger partial charge in [-0.25, -0.2) is 0 Å². The number of nitrogens with two attached hydrogens (primary N) is 1. The Kier molecular flexibility index (Phi) is 5.74. The third-order valence-corrected chi connectivity index (χ3v) is 7.27. The predicted octanol–water partition coefficient (Wildman–Crippen LogP) is 6.46. The molecule has 172 valence electrons. The van der Waals surface area contributed by atoms with Gasteiger partial charge >= 0.3 is 0 Å². The summed E-state index contributed by atoms with van der Waals surface area (Å²) < 4.78 is 7.20.